The Hall–Kier alpha value is -2.30. The summed E-state index contributed by atoms with van der Waals surface area (Å²) < 4.78 is 1.52. The molecule has 94 valence electrons. The molecule has 2 N–H and O–H groups in total. The van der Waals surface area contributed by atoms with Gasteiger partial charge in [0, 0.05) is 11.1 Å². The smallest absolute Gasteiger partial charge is 0.338 e. The van der Waals surface area contributed by atoms with E-state index in [1.807, 2.05) is 6.07 Å². The van der Waals surface area contributed by atoms with Crippen molar-refractivity contribution in [2.24, 2.45) is 0 Å². The number of aliphatic carboxylic acids is 1. The Labute approximate surface area is 103 Å². The highest BCUT2D eigenvalue weighted by Gasteiger charge is 2.18. The van der Waals surface area contributed by atoms with Crippen molar-refractivity contribution in [3.8, 4) is 0 Å². The zero-order valence-electron chi connectivity index (χ0n) is 10.1. The number of aromatic carboxylic acids is 1. The van der Waals surface area contributed by atoms with Gasteiger partial charge in [0.1, 0.15) is 6.54 Å². The Morgan fingerprint density at radius 3 is 2.44 bits per heavy atom. The minimum atomic E-state index is -1.04. The van der Waals surface area contributed by atoms with Crippen molar-refractivity contribution in [2.75, 3.05) is 0 Å². The van der Waals surface area contributed by atoms with Crippen LogP contribution >= 0.6 is 0 Å². The van der Waals surface area contributed by atoms with Crippen molar-refractivity contribution in [1.29, 1.82) is 0 Å². The van der Waals surface area contributed by atoms with Crippen LogP contribution in [0.2, 0.25) is 0 Å². The maximum Gasteiger partial charge on any atom is 0.338 e. The third-order valence-electron chi connectivity index (χ3n) is 2.98. The molecular formula is C13H13NO4. The summed E-state index contributed by atoms with van der Waals surface area (Å²) in [5, 5.41) is 18.9. The quantitative estimate of drug-likeness (QED) is 0.869. The molecule has 0 aliphatic carbocycles. The van der Waals surface area contributed by atoms with Gasteiger partial charge < -0.3 is 14.8 Å². The number of aromatic nitrogens is 1. The van der Waals surface area contributed by atoms with E-state index in [-0.39, 0.29) is 12.1 Å². The number of carboxylic acid groups (broad SMARTS) is 2. The Bertz CT molecular complexity index is 655. The van der Waals surface area contributed by atoms with Gasteiger partial charge in [-0.25, -0.2) is 4.79 Å². The molecule has 1 aromatic carbocycles. The zero-order valence-corrected chi connectivity index (χ0v) is 10.1. The Morgan fingerprint density at radius 1 is 1.22 bits per heavy atom. The van der Waals surface area contributed by atoms with Crippen LogP contribution in [0.5, 0.6) is 0 Å². The largest absolute Gasteiger partial charge is 0.480 e. The third-order valence-corrected chi connectivity index (χ3v) is 2.98. The molecule has 0 saturated carbocycles. The van der Waals surface area contributed by atoms with Crippen molar-refractivity contribution in [1.82, 2.24) is 4.57 Å². The lowest BCUT2D eigenvalue weighted by molar-refractivity contribution is -0.137. The summed E-state index contributed by atoms with van der Waals surface area (Å²) in [7, 11) is 0. The summed E-state index contributed by atoms with van der Waals surface area (Å²) in [6, 6.07) is 5.34. The van der Waals surface area contributed by atoms with Crippen molar-refractivity contribution in [3.05, 3.63) is 35.0 Å². The molecule has 0 fully saturated rings. The van der Waals surface area contributed by atoms with Crippen LogP contribution in [0.15, 0.2) is 18.2 Å². The monoisotopic (exact) mass is 247 g/mol. The van der Waals surface area contributed by atoms with Crippen LogP contribution < -0.4 is 0 Å². The number of rotatable bonds is 3. The van der Waals surface area contributed by atoms with E-state index in [0.29, 0.717) is 11.1 Å². The second-order valence-electron chi connectivity index (χ2n) is 4.27. The van der Waals surface area contributed by atoms with E-state index in [0.717, 1.165) is 11.1 Å². The molecule has 1 aromatic heterocycles. The molecule has 0 bridgehead atoms. The maximum atomic E-state index is 11.3. The average molecular weight is 247 g/mol. The summed E-state index contributed by atoms with van der Waals surface area (Å²) in [5.41, 5.74) is 2.00. The van der Waals surface area contributed by atoms with Crippen molar-refractivity contribution in [2.45, 2.75) is 20.4 Å². The van der Waals surface area contributed by atoms with Crippen LogP contribution in [0.3, 0.4) is 0 Å². The van der Waals surface area contributed by atoms with Crippen LogP contribution in [0.25, 0.3) is 10.9 Å². The summed E-state index contributed by atoms with van der Waals surface area (Å²) >= 11 is 0. The molecule has 2 aromatic rings. The van der Waals surface area contributed by atoms with Gasteiger partial charge in [-0.05, 0) is 25.5 Å². The lowest BCUT2D eigenvalue weighted by atomic mass is 10.1. The van der Waals surface area contributed by atoms with E-state index in [4.69, 9.17) is 5.11 Å². The minimum Gasteiger partial charge on any atom is -0.480 e. The number of fused-ring (bicyclic) bond motifs is 1. The van der Waals surface area contributed by atoms with Crippen LogP contribution in [0.4, 0.5) is 0 Å². The van der Waals surface area contributed by atoms with E-state index < -0.39 is 11.9 Å². The molecule has 0 atom stereocenters. The molecule has 0 spiro atoms. The minimum absolute atomic E-state index is 0.168. The molecule has 18 heavy (non-hydrogen) atoms. The van der Waals surface area contributed by atoms with Gasteiger partial charge in [0.05, 0.1) is 11.1 Å². The number of hydrogen-bond donors (Lipinski definition) is 2. The average Bonchev–Trinajstić information content (AvgIpc) is 2.55. The van der Waals surface area contributed by atoms with Crippen molar-refractivity contribution in [3.63, 3.8) is 0 Å². The fourth-order valence-corrected chi connectivity index (χ4v) is 2.20. The molecule has 5 nitrogen and oxygen atoms in total. The third kappa shape index (κ3) is 1.84. The first-order chi connectivity index (χ1) is 8.41. The fourth-order valence-electron chi connectivity index (χ4n) is 2.20. The SMILES string of the molecule is Cc1ccc2cc(C)n(CC(=O)O)c2c1C(=O)O. The first-order valence-electron chi connectivity index (χ1n) is 5.46. The Kier molecular flexibility index (Phi) is 2.82. The van der Waals surface area contributed by atoms with E-state index in [1.165, 1.54) is 4.57 Å². The molecule has 1 heterocycles. The number of carbonyl (C=O) groups is 2. The summed E-state index contributed by atoms with van der Waals surface area (Å²) in [6.07, 6.45) is 0. The highest BCUT2D eigenvalue weighted by Crippen LogP contribution is 2.26. The Morgan fingerprint density at radius 2 is 1.89 bits per heavy atom. The van der Waals surface area contributed by atoms with Gasteiger partial charge in [-0.15, -0.1) is 0 Å². The fraction of sp³-hybridized carbons (Fsp3) is 0.231. The molecule has 0 aliphatic heterocycles. The molecule has 0 radical (unpaired) electrons. The predicted octanol–water partition coefficient (Wildman–Crippen LogP) is 2.04. The molecular weight excluding hydrogens is 234 g/mol. The number of benzene rings is 1. The van der Waals surface area contributed by atoms with Crippen molar-refractivity contribution >= 4 is 22.8 Å². The highest BCUT2D eigenvalue weighted by atomic mass is 16.4. The summed E-state index contributed by atoms with van der Waals surface area (Å²) in [4.78, 5) is 22.2. The standard InChI is InChI=1S/C13H13NO4/c1-7-3-4-9-5-8(2)14(6-10(15)16)12(9)11(7)13(17)18/h3-5H,6H2,1-2H3,(H,15,16)(H,17,18). The maximum absolute atomic E-state index is 11.3. The van der Waals surface area contributed by atoms with Gasteiger partial charge >= 0.3 is 11.9 Å². The highest BCUT2D eigenvalue weighted by molar-refractivity contribution is 6.04. The van der Waals surface area contributed by atoms with Gasteiger partial charge in [-0.3, -0.25) is 4.79 Å². The Balaban J connectivity index is 2.84. The first-order valence-corrected chi connectivity index (χ1v) is 5.46. The first kappa shape index (κ1) is 12.2. The lowest BCUT2D eigenvalue weighted by Crippen LogP contribution is -2.12. The van der Waals surface area contributed by atoms with Crippen LogP contribution in [0, 0.1) is 13.8 Å². The summed E-state index contributed by atoms with van der Waals surface area (Å²) in [5.74, 6) is -2.03. The van der Waals surface area contributed by atoms with E-state index in [2.05, 4.69) is 0 Å². The molecule has 0 unspecified atom stereocenters. The van der Waals surface area contributed by atoms with Crippen LogP contribution in [-0.4, -0.2) is 26.7 Å². The van der Waals surface area contributed by atoms with Gasteiger partial charge in [-0.1, -0.05) is 12.1 Å². The topological polar surface area (TPSA) is 79.5 Å². The zero-order chi connectivity index (χ0) is 13.4. The molecule has 0 aliphatic rings. The van der Waals surface area contributed by atoms with E-state index in [9.17, 15) is 14.7 Å². The van der Waals surface area contributed by atoms with E-state index in [1.54, 1.807) is 26.0 Å². The molecule has 0 saturated heterocycles. The van der Waals surface area contributed by atoms with Gasteiger partial charge in [0.25, 0.3) is 0 Å². The number of hydrogen-bond acceptors (Lipinski definition) is 2. The second-order valence-corrected chi connectivity index (χ2v) is 4.27. The van der Waals surface area contributed by atoms with E-state index >= 15 is 0 Å². The summed E-state index contributed by atoms with van der Waals surface area (Å²) in [6.45, 7) is 3.24. The lowest BCUT2D eigenvalue weighted by Gasteiger charge is -2.09. The number of aryl methyl sites for hydroxylation is 2. The van der Waals surface area contributed by atoms with Gasteiger partial charge in [0.2, 0.25) is 0 Å². The number of carboxylic acids is 2. The predicted molar refractivity (Wildman–Crippen MR) is 66.0 cm³/mol. The van der Waals surface area contributed by atoms with Crippen molar-refractivity contribution < 1.29 is 19.8 Å². The van der Waals surface area contributed by atoms with Gasteiger partial charge in [0.15, 0.2) is 0 Å². The molecule has 0 amide bonds. The number of nitrogens with zero attached hydrogens (tertiary/aromatic N) is 1. The molecule has 5 heteroatoms. The second kappa shape index (κ2) is 4.18. The van der Waals surface area contributed by atoms with Gasteiger partial charge in [-0.2, -0.15) is 0 Å². The normalized spacial score (nSPS) is 10.8. The van der Waals surface area contributed by atoms with Crippen LogP contribution in [-0.2, 0) is 11.3 Å². The van der Waals surface area contributed by atoms with Crippen LogP contribution in [0.1, 0.15) is 21.6 Å². The molecule has 2 rings (SSSR count).